The maximum atomic E-state index is 5.42. The van der Waals surface area contributed by atoms with Gasteiger partial charge in [0.15, 0.2) is 0 Å². The molecular weight excluding hydrogens is 252 g/mol. The lowest BCUT2D eigenvalue weighted by molar-refractivity contribution is 0.122. The minimum atomic E-state index is 0.794. The van der Waals surface area contributed by atoms with E-state index in [0.717, 1.165) is 56.9 Å². The molecule has 0 aliphatic carbocycles. The minimum Gasteiger partial charge on any atom is -0.378 e. The van der Waals surface area contributed by atoms with Gasteiger partial charge in [0.2, 0.25) is 5.95 Å². The van der Waals surface area contributed by atoms with E-state index in [0.29, 0.717) is 0 Å². The number of hydrogen-bond acceptors (Lipinski definition) is 5. The molecule has 3 heterocycles. The van der Waals surface area contributed by atoms with Crippen LogP contribution in [0.3, 0.4) is 0 Å². The number of rotatable bonds is 2. The third kappa shape index (κ3) is 3.20. The highest BCUT2D eigenvalue weighted by molar-refractivity contribution is 5.46. The standard InChI is InChI=1S/C15H24N4O/c1-13-12-14(18-8-10-20-11-9-18)17-15(16-13)19-6-4-2-3-5-7-19/h12H,2-11H2,1H3. The Bertz CT molecular complexity index is 437. The van der Waals surface area contributed by atoms with Crippen LogP contribution in [0, 0.1) is 6.92 Å². The van der Waals surface area contributed by atoms with Crippen LogP contribution < -0.4 is 9.80 Å². The number of ether oxygens (including phenoxy) is 1. The first-order valence-electron chi connectivity index (χ1n) is 7.76. The molecular formula is C15H24N4O. The van der Waals surface area contributed by atoms with Gasteiger partial charge in [-0.15, -0.1) is 0 Å². The van der Waals surface area contributed by atoms with Crippen LogP contribution in [0.25, 0.3) is 0 Å². The molecule has 3 rings (SSSR count). The van der Waals surface area contributed by atoms with E-state index in [4.69, 9.17) is 9.72 Å². The Labute approximate surface area is 121 Å². The van der Waals surface area contributed by atoms with Gasteiger partial charge in [0.25, 0.3) is 0 Å². The summed E-state index contributed by atoms with van der Waals surface area (Å²) in [6, 6.07) is 2.09. The summed E-state index contributed by atoms with van der Waals surface area (Å²) in [6.45, 7) is 7.68. The summed E-state index contributed by atoms with van der Waals surface area (Å²) >= 11 is 0. The van der Waals surface area contributed by atoms with Crippen LogP contribution in [-0.4, -0.2) is 49.4 Å². The number of morpholine rings is 1. The summed E-state index contributed by atoms with van der Waals surface area (Å²) in [7, 11) is 0. The van der Waals surface area contributed by atoms with Crippen LogP contribution in [0.15, 0.2) is 6.07 Å². The molecule has 1 aromatic heterocycles. The minimum absolute atomic E-state index is 0.794. The monoisotopic (exact) mass is 276 g/mol. The Morgan fingerprint density at radius 2 is 1.60 bits per heavy atom. The van der Waals surface area contributed by atoms with Crippen molar-refractivity contribution in [1.29, 1.82) is 0 Å². The van der Waals surface area contributed by atoms with E-state index in [1.54, 1.807) is 0 Å². The summed E-state index contributed by atoms with van der Waals surface area (Å²) in [4.78, 5) is 14.1. The fourth-order valence-corrected chi connectivity index (χ4v) is 2.90. The molecule has 0 N–H and O–H groups in total. The van der Waals surface area contributed by atoms with Crippen LogP contribution >= 0.6 is 0 Å². The summed E-state index contributed by atoms with van der Waals surface area (Å²) < 4.78 is 5.42. The molecule has 2 aliphatic heterocycles. The molecule has 0 saturated carbocycles. The fourth-order valence-electron chi connectivity index (χ4n) is 2.90. The SMILES string of the molecule is Cc1cc(N2CCOCC2)nc(N2CCCCCC2)n1. The molecule has 0 atom stereocenters. The highest BCUT2D eigenvalue weighted by Gasteiger charge is 2.17. The van der Waals surface area contributed by atoms with Crippen LogP contribution in [0.4, 0.5) is 11.8 Å². The van der Waals surface area contributed by atoms with Crippen molar-refractivity contribution in [3.8, 4) is 0 Å². The Morgan fingerprint density at radius 3 is 2.30 bits per heavy atom. The van der Waals surface area contributed by atoms with Crippen LogP contribution in [0.5, 0.6) is 0 Å². The van der Waals surface area contributed by atoms with Gasteiger partial charge in [-0.2, -0.15) is 4.98 Å². The van der Waals surface area contributed by atoms with Gasteiger partial charge in [-0.25, -0.2) is 4.98 Å². The fraction of sp³-hybridized carbons (Fsp3) is 0.733. The molecule has 1 aromatic rings. The summed E-state index contributed by atoms with van der Waals surface area (Å²) in [6.07, 6.45) is 5.17. The highest BCUT2D eigenvalue weighted by Crippen LogP contribution is 2.21. The number of aryl methyl sites for hydroxylation is 1. The second-order valence-corrected chi connectivity index (χ2v) is 5.67. The molecule has 2 saturated heterocycles. The van der Waals surface area contributed by atoms with Crippen molar-refractivity contribution in [2.45, 2.75) is 32.6 Å². The van der Waals surface area contributed by atoms with Crippen molar-refractivity contribution in [1.82, 2.24) is 9.97 Å². The summed E-state index contributed by atoms with van der Waals surface area (Å²) in [5.41, 5.74) is 1.06. The van der Waals surface area contributed by atoms with Gasteiger partial charge in [0, 0.05) is 37.9 Å². The highest BCUT2D eigenvalue weighted by atomic mass is 16.5. The Morgan fingerprint density at radius 1 is 0.900 bits per heavy atom. The lowest BCUT2D eigenvalue weighted by Crippen LogP contribution is -2.37. The van der Waals surface area contributed by atoms with Gasteiger partial charge in [-0.1, -0.05) is 12.8 Å². The predicted octanol–water partition coefficient (Wildman–Crippen LogP) is 2.00. The number of hydrogen-bond donors (Lipinski definition) is 0. The van der Waals surface area contributed by atoms with E-state index < -0.39 is 0 Å². The van der Waals surface area contributed by atoms with E-state index in [2.05, 4.69) is 27.8 Å². The van der Waals surface area contributed by atoms with Gasteiger partial charge in [0.05, 0.1) is 13.2 Å². The number of aromatic nitrogens is 2. The lowest BCUT2D eigenvalue weighted by atomic mass is 10.2. The third-order valence-corrected chi connectivity index (χ3v) is 4.05. The van der Waals surface area contributed by atoms with E-state index in [1.807, 2.05) is 0 Å². The maximum Gasteiger partial charge on any atom is 0.227 e. The molecule has 5 nitrogen and oxygen atoms in total. The van der Waals surface area contributed by atoms with Crippen molar-refractivity contribution in [2.75, 3.05) is 49.2 Å². The van der Waals surface area contributed by atoms with E-state index in [-0.39, 0.29) is 0 Å². The smallest absolute Gasteiger partial charge is 0.227 e. The van der Waals surface area contributed by atoms with Crippen molar-refractivity contribution in [3.63, 3.8) is 0 Å². The average Bonchev–Trinajstić information content (AvgIpc) is 2.77. The van der Waals surface area contributed by atoms with Gasteiger partial charge in [0.1, 0.15) is 5.82 Å². The molecule has 0 radical (unpaired) electrons. The molecule has 0 unspecified atom stereocenters. The number of nitrogens with zero attached hydrogens (tertiary/aromatic N) is 4. The van der Waals surface area contributed by atoms with E-state index in [1.165, 1.54) is 25.7 Å². The summed E-state index contributed by atoms with van der Waals surface area (Å²) in [5.74, 6) is 1.97. The van der Waals surface area contributed by atoms with Gasteiger partial charge < -0.3 is 14.5 Å². The van der Waals surface area contributed by atoms with Crippen LogP contribution in [0.1, 0.15) is 31.4 Å². The van der Waals surface area contributed by atoms with E-state index >= 15 is 0 Å². The molecule has 20 heavy (non-hydrogen) atoms. The first-order chi connectivity index (χ1) is 9.83. The third-order valence-electron chi connectivity index (χ3n) is 4.05. The van der Waals surface area contributed by atoms with Crippen molar-refractivity contribution >= 4 is 11.8 Å². The zero-order valence-electron chi connectivity index (χ0n) is 12.3. The van der Waals surface area contributed by atoms with Crippen molar-refractivity contribution in [2.24, 2.45) is 0 Å². The topological polar surface area (TPSA) is 41.5 Å². The molecule has 0 bridgehead atoms. The van der Waals surface area contributed by atoms with Crippen LogP contribution in [-0.2, 0) is 4.74 Å². The van der Waals surface area contributed by atoms with Gasteiger partial charge >= 0.3 is 0 Å². The predicted molar refractivity (Wildman–Crippen MR) is 80.5 cm³/mol. The normalized spacial score (nSPS) is 20.9. The Kier molecular flexibility index (Phi) is 4.35. The number of anilines is 2. The molecule has 0 spiro atoms. The maximum absolute atomic E-state index is 5.42. The molecule has 110 valence electrons. The van der Waals surface area contributed by atoms with Gasteiger partial charge in [-0.05, 0) is 19.8 Å². The Balaban J connectivity index is 1.81. The zero-order valence-corrected chi connectivity index (χ0v) is 12.3. The zero-order chi connectivity index (χ0) is 13.8. The van der Waals surface area contributed by atoms with Gasteiger partial charge in [-0.3, -0.25) is 0 Å². The second-order valence-electron chi connectivity index (χ2n) is 5.67. The molecule has 2 fully saturated rings. The van der Waals surface area contributed by atoms with Crippen molar-refractivity contribution < 1.29 is 4.74 Å². The quantitative estimate of drug-likeness (QED) is 0.826. The summed E-state index contributed by atoms with van der Waals surface area (Å²) in [5, 5.41) is 0. The lowest BCUT2D eigenvalue weighted by Gasteiger charge is -2.29. The Hall–Kier alpha value is -1.36. The molecule has 2 aliphatic rings. The molecule has 0 aromatic carbocycles. The molecule has 5 heteroatoms. The second kappa shape index (κ2) is 6.39. The van der Waals surface area contributed by atoms with Crippen LogP contribution in [0.2, 0.25) is 0 Å². The van der Waals surface area contributed by atoms with Crippen molar-refractivity contribution in [3.05, 3.63) is 11.8 Å². The molecule has 0 amide bonds. The first kappa shape index (κ1) is 13.6. The average molecular weight is 276 g/mol. The first-order valence-corrected chi connectivity index (χ1v) is 7.76. The van der Waals surface area contributed by atoms with E-state index in [9.17, 15) is 0 Å². The largest absolute Gasteiger partial charge is 0.378 e.